The van der Waals surface area contributed by atoms with Crippen LogP contribution in [0.2, 0.25) is 5.02 Å². The maximum Gasteiger partial charge on any atom is 0.273 e. The lowest BCUT2D eigenvalue weighted by Crippen LogP contribution is -2.48. The number of aromatic nitrogens is 2. The third-order valence-corrected chi connectivity index (χ3v) is 4.07. The summed E-state index contributed by atoms with van der Waals surface area (Å²) in [4.78, 5) is 16.3. The first-order chi connectivity index (χ1) is 10.6. The van der Waals surface area contributed by atoms with Crippen LogP contribution in [0.4, 0.5) is 4.39 Å². The number of hydrogen-bond acceptors (Lipinski definition) is 3. The summed E-state index contributed by atoms with van der Waals surface area (Å²) < 4.78 is 12.9. The van der Waals surface area contributed by atoms with Gasteiger partial charge in [0.1, 0.15) is 11.5 Å². The van der Waals surface area contributed by atoms with Crippen molar-refractivity contribution in [1.29, 1.82) is 0 Å². The second kappa shape index (κ2) is 6.46. The topological polar surface area (TPSA) is 52.2 Å². The third kappa shape index (κ3) is 3.28. The van der Waals surface area contributed by atoms with E-state index >= 15 is 0 Å². The van der Waals surface area contributed by atoms with Gasteiger partial charge in [0.2, 0.25) is 0 Å². The molecule has 1 aliphatic rings. The summed E-state index contributed by atoms with van der Waals surface area (Å²) in [6.07, 6.45) is 1.43. The minimum atomic E-state index is -0.226. The van der Waals surface area contributed by atoms with Crippen molar-refractivity contribution in [2.24, 2.45) is 0 Å². The Balaban J connectivity index is 1.55. The fraction of sp³-hybridized carbons (Fsp3) is 0.333. The fourth-order valence-electron chi connectivity index (χ4n) is 2.54. The van der Waals surface area contributed by atoms with E-state index in [-0.39, 0.29) is 11.7 Å². The predicted octanol–water partition coefficient (Wildman–Crippen LogP) is 2.16. The lowest BCUT2D eigenvalue weighted by Gasteiger charge is -2.34. The van der Waals surface area contributed by atoms with Gasteiger partial charge in [-0.2, -0.15) is 5.10 Å². The van der Waals surface area contributed by atoms with E-state index in [0.29, 0.717) is 23.8 Å². The summed E-state index contributed by atoms with van der Waals surface area (Å²) in [7, 11) is 0. The van der Waals surface area contributed by atoms with E-state index in [1.165, 1.54) is 18.3 Å². The van der Waals surface area contributed by atoms with Gasteiger partial charge < -0.3 is 4.90 Å². The predicted molar refractivity (Wildman–Crippen MR) is 81.2 cm³/mol. The quantitative estimate of drug-likeness (QED) is 0.942. The molecule has 22 heavy (non-hydrogen) atoms. The SMILES string of the molecule is O=C(c1[nH]ncc1Cl)N1CCN(Cc2ccc(F)cc2)CC1. The van der Waals surface area contributed by atoms with Crippen molar-refractivity contribution in [2.45, 2.75) is 6.54 Å². The van der Waals surface area contributed by atoms with Crippen molar-refractivity contribution in [2.75, 3.05) is 26.2 Å². The molecular formula is C15H16ClFN4O. The number of amides is 1. The average Bonchev–Trinajstić information content (AvgIpc) is 2.96. The number of rotatable bonds is 3. The molecule has 7 heteroatoms. The molecular weight excluding hydrogens is 307 g/mol. The van der Waals surface area contributed by atoms with Gasteiger partial charge in [0.05, 0.1) is 11.2 Å². The van der Waals surface area contributed by atoms with E-state index in [1.807, 2.05) is 0 Å². The van der Waals surface area contributed by atoms with E-state index in [0.717, 1.165) is 25.2 Å². The number of carbonyl (C=O) groups excluding carboxylic acids is 1. The molecule has 1 aliphatic heterocycles. The van der Waals surface area contributed by atoms with Crippen LogP contribution in [0.1, 0.15) is 16.1 Å². The standard InChI is InChI=1S/C15H16ClFN4O/c16-13-9-18-19-14(13)15(22)21-7-5-20(6-8-21)10-11-1-3-12(17)4-2-11/h1-4,9H,5-8,10H2,(H,18,19). The number of nitrogens with one attached hydrogen (secondary N) is 1. The van der Waals surface area contributed by atoms with Crippen LogP contribution in [0.15, 0.2) is 30.5 Å². The number of H-pyrrole nitrogens is 1. The summed E-state index contributed by atoms with van der Waals surface area (Å²) in [6, 6.07) is 6.51. The molecule has 1 N–H and O–H groups in total. The summed E-state index contributed by atoms with van der Waals surface area (Å²) in [5.74, 6) is -0.348. The molecule has 3 rings (SSSR count). The van der Waals surface area contributed by atoms with Crippen LogP contribution >= 0.6 is 11.6 Å². The lowest BCUT2D eigenvalue weighted by atomic mass is 10.2. The largest absolute Gasteiger partial charge is 0.335 e. The van der Waals surface area contributed by atoms with Crippen LogP contribution in [0, 0.1) is 5.82 Å². The minimum Gasteiger partial charge on any atom is -0.335 e. The molecule has 0 atom stereocenters. The first-order valence-electron chi connectivity index (χ1n) is 7.08. The van der Waals surface area contributed by atoms with Crippen LogP contribution in [0.3, 0.4) is 0 Å². The highest BCUT2D eigenvalue weighted by Crippen LogP contribution is 2.16. The van der Waals surface area contributed by atoms with Crippen molar-refractivity contribution >= 4 is 17.5 Å². The molecule has 0 radical (unpaired) electrons. The summed E-state index contributed by atoms with van der Waals surface area (Å²) in [5.41, 5.74) is 1.41. The average molecular weight is 323 g/mol. The molecule has 0 bridgehead atoms. The molecule has 2 aromatic rings. The molecule has 1 saturated heterocycles. The Morgan fingerprint density at radius 2 is 1.91 bits per heavy atom. The molecule has 0 saturated carbocycles. The van der Waals surface area contributed by atoms with E-state index in [2.05, 4.69) is 15.1 Å². The molecule has 1 aromatic carbocycles. The van der Waals surface area contributed by atoms with Crippen molar-refractivity contribution in [1.82, 2.24) is 20.0 Å². The summed E-state index contributed by atoms with van der Waals surface area (Å²) in [6.45, 7) is 3.57. The van der Waals surface area contributed by atoms with Gasteiger partial charge in [0.15, 0.2) is 0 Å². The molecule has 0 aliphatic carbocycles. The highest BCUT2D eigenvalue weighted by atomic mass is 35.5. The van der Waals surface area contributed by atoms with Crippen molar-refractivity contribution < 1.29 is 9.18 Å². The maximum absolute atomic E-state index is 12.9. The normalized spacial score (nSPS) is 16.0. The zero-order chi connectivity index (χ0) is 15.5. The van der Waals surface area contributed by atoms with Crippen LogP contribution in [-0.2, 0) is 6.54 Å². The van der Waals surface area contributed by atoms with Gasteiger partial charge in [-0.15, -0.1) is 0 Å². The smallest absolute Gasteiger partial charge is 0.273 e. The third-order valence-electron chi connectivity index (χ3n) is 3.79. The molecule has 1 fully saturated rings. The van der Waals surface area contributed by atoms with Gasteiger partial charge in [-0.1, -0.05) is 23.7 Å². The number of nitrogens with zero attached hydrogens (tertiary/aromatic N) is 3. The van der Waals surface area contributed by atoms with E-state index in [1.54, 1.807) is 17.0 Å². The first-order valence-corrected chi connectivity index (χ1v) is 7.46. The van der Waals surface area contributed by atoms with E-state index in [4.69, 9.17) is 11.6 Å². The summed E-state index contributed by atoms with van der Waals surface area (Å²) in [5, 5.41) is 6.75. The van der Waals surface area contributed by atoms with Crippen LogP contribution in [0.25, 0.3) is 0 Å². The Kier molecular flexibility index (Phi) is 4.40. The second-order valence-corrected chi connectivity index (χ2v) is 5.69. The van der Waals surface area contributed by atoms with Crippen LogP contribution < -0.4 is 0 Å². The van der Waals surface area contributed by atoms with E-state index < -0.39 is 0 Å². The van der Waals surface area contributed by atoms with Crippen molar-refractivity contribution in [3.8, 4) is 0 Å². The first kappa shape index (κ1) is 15.0. The van der Waals surface area contributed by atoms with E-state index in [9.17, 15) is 9.18 Å². The Morgan fingerprint density at radius 3 is 2.50 bits per heavy atom. The molecule has 1 amide bonds. The van der Waals surface area contributed by atoms with Crippen LogP contribution in [0.5, 0.6) is 0 Å². The number of hydrogen-bond donors (Lipinski definition) is 1. The van der Waals surface area contributed by atoms with Crippen molar-refractivity contribution in [3.05, 3.63) is 52.6 Å². The van der Waals surface area contributed by atoms with Gasteiger partial charge in [0.25, 0.3) is 5.91 Å². The monoisotopic (exact) mass is 322 g/mol. The van der Waals surface area contributed by atoms with Crippen LogP contribution in [-0.4, -0.2) is 52.1 Å². The second-order valence-electron chi connectivity index (χ2n) is 5.29. The molecule has 2 heterocycles. The number of aromatic amines is 1. The maximum atomic E-state index is 12.9. The van der Waals surface area contributed by atoms with Gasteiger partial charge in [-0.05, 0) is 17.7 Å². The molecule has 0 spiro atoms. The molecule has 1 aromatic heterocycles. The Bertz CT molecular complexity index is 650. The van der Waals surface area contributed by atoms with Crippen molar-refractivity contribution in [3.63, 3.8) is 0 Å². The number of piperazine rings is 1. The summed E-state index contributed by atoms with van der Waals surface area (Å²) >= 11 is 5.92. The highest BCUT2D eigenvalue weighted by Gasteiger charge is 2.24. The van der Waals surface area contributed by atoms with Gasteiger partial charge >= 0.3 is 0 Å². The van der Waals surface area contributed by atoms with Gasteiger partial charge in [0, 0.05) is 32.7 Å². The zero-order valence-electron chi connectivity index (χ0n) is 11.9. The lowest BCUT2D eigenvalue weighted by molar-refractivity contribution is 0.0623. The zero-order valence-corrected chi connectivity index (χ0v) is 12.7. The Morgan fingerprint density at radius 1 is 1.23 bits per heavy atom. The number of benzene rings is 1. The molecule has 5 nitrogen and oxygen atoms in total. The highest BCUT2D eigenvalue weighted by molar-refractivity contribution is 6.33. The minimum absolute atomic E-state index is 0.121. The molecule has 116 valence electrons. The Labute approximate surface area is 132 Å². The van der Waals surface area contributed by atoms with Gasteiger partial charge in [-0.3, -0.25) is 14.8 Å². The Hall–Kier alpha value is -1.92. The number of halogens is 2. The number of carbonyl (C=O) groups is 1. The molecule has 0 unspecified atom stereocenters. The van der Waals surface area contributed by atoms with Gasteiger partial charge in [-0.25, -0.2) is 4.39 Å². The fourth-order valence-corrected chi connectivity index (χ4v) is 2.71.